The number of benzene rings is 1. The molecule has 3 rings (SSSR count). The minimum absolute atomic E-state index is 0.132. The van der Waals surface area contributed by atoms with E-state index in [1.165, 1.54) is 0 Å². The number of aryl methyl sites for hydroxylation is 2. The second-order valence-electron chi connectivity index (χ2n) is 7.51. The molecule has 7 heteroatoms. The molecule has 0 N–H and O–H groups in total. The lowest BCUT2D eigenvalue weighted by molar-refractivity contribution is -0.160. The van der Waals surface area contributed by atoms with E-state index >= 15 is 0 Å². The van der Waals surface area contributed by atoms with Gasteiger partial charge in [-0.05, 0) is 51.2 Å². The first-order valence-corrected chi connectivity index (χ1v) is 11.3. The van der Waals surface area contributed by atoms with Gasteiger partial charge >= 0.3 is 5.97 Å². The molecule has 1 aliphatic heterocycles. The van der Waals surface area contributed by atoms with Crippen LogP contribution in [0.1, 0.15) is 42.3 Å². The highest BCUT2D eigenvalue weighted by Crippen LogP contribution is 2.38. The molecule has 0 unspecified atom stereocenters. The number of ether oxygens (including phenoxy) is 1. The third-order valence-corrected chi connectivity index (χ3v) is 7.04. The van der Waals surface area contributed by atoms with E-state index in [1.807, 2.05) is 48.5 Å². The Bertz CT molecular complexity index is 859. The number of nitrogens with zero attached hydrogens (tertiary/aromatic N) is 2. The van der Waals surface area contributed by atoms with Gasteiger partial charge in [0, 0.05) is 29.4 Å². The summed E-state index contributed by atoms with van der Waals surface area (Å²) in [5.74, 6) is -0.0553. The van der Waals surface area contributed by atoms with Gasteiger partial charge in [0.05, 0.1) is 23.2 Å². The molecule has 0 atom stereocenters. The van der Waals surface area contributed by atoms with Crippen molar-refractivity contribution >= 4 is 34.8 Å². The van der Waals surface area contributed by atoms with Crippen LogP contribution in [0.4, 0.5) is 0 Å². The Kier molecular flexibility index (Phi) is 7.30. The molecular weight excluding hydrogens is 408 g/mol. The Morgan fingerprint density at radius 1 is 1.28 bits per heavy atom. The van der Waals surface area contributed by atoms with Crippen LogP contribution in [0.25, 0.3) is 0 Å². The van der Waals surface area contributed by atoms with Crippen LogP contribution >= 0.6 is 22.9 Å². The lowest BCUT2D eigenvalue weighted by Gasteiger charge is -2.40. The fourth-order valence-electron chi connectivity index (χ4n) is 3.87. The van der Waals surface area contributed by atoms with Gasteiger partial charge in [-0.1, -0.05) is 29.8 Å². The largest absolute Gasteiger partial charge is 0.466 e. The van der Waals surface area contributed by atoms with Crippen molar-refractivity contribution in [2.24, 2.45) is 5.41 Å². The van der Waals surface area contributed by atoms with Gasteiger partial charge in [0.2, 0.25) is 5.91 Å². The zero-order valence-electron chi connectivity index (χ0n) is 16.9. The topological polar surface area (TPSA) is 59.5 Å². The monoisotopic (exact) mass is 434 g/mol. The van der Waals surface area contributed by atoms with E-state index in [4.69, 9.17) is 16.3 Å². The first-order valence-electron chi connectivity index (χ1n) is 10.0. The van der Waals surface area contributed by atoms with Gasteiger partial charge in [0.1, 0.15) is 0 Å². The van der Waals surface area contributed by atoms with E-state index < -0.39 is 5.41 Å². The van der Waals surface area contributed by atoms with Gasteiger partial charge in [-0.2, -0.15) is 0 Å². The first-order chi connectivity index (χ1) is 13.9. The molecule has 1 saturated heterocycles. The first kappa shape index (κ1) is 21.8. The Labute approximate surface area is 181 Å². The van der Waals surface area contributed by atoms with Crippen molar-refractivity contribution in [2.45, 2.75) is 46.0 Å². The Hall–Kier alpha value is -1.92. The van der Waals surface area contributed by atoms with Crippen molar-refractivity contribution < 1.29 is 14.3 Å². The minimum Gasteiger partial charge on any atom is -0.466 e. The number of likely N-dealkylation sites (tertiary alicyclic amines) is 1. The Balaban J connectivity index is 1.65. The van der Waals surface area contributed by atoms with Crippen molar-refractivity contribution in [1.29, 1.82) is 0 Å². The van der Waals surface area contributed by atoms with E-state index in [-0.39, 0.29) is 11.9 Å². The molecule has 1 aromatic carbocycles. The van der Waals surface area contributed by atoms with Crippen LogP contribution < -0.4 is 0 Å². The minimum atomic E-state index is -0.633. The lowest BCUT2D eigenvalue weighted by Crippen LogP contribution is -2.48. The number of amides is 1. The summed E-state index contributed by atoms with van der Waals surface area (Å²) in [5.41, 5.74) is 3.13. The van der Waals surface area contributed by atoms with E-state index in [9.17, 15) is 9.59 Å². The van der Waals surface area contributed by atoms with E-state index in [0.717, 1.165) is 16.1 Å². The third kappa shape index (κ3) is 5.17. The van der Waals surface area contributed by atoms with Crippen LogP contribution in [0.2, 0.25) is 5.02 Å². The number of halogens is 1. The SMILES string of the molecule is CCOC(=O)C1(Cc2ccccc2Cl)CCN(C(=O)CCc2scnc2C)CC1. The van der Waals surface area contributed by atoms with Gasteiger partial charge in [-0.15, -0.1) is 11.3 Å². The van der Waals surface area contributed by atoms with Gasteiger partial charge in [-0.25, -0.2) is 4.98 Å². The third-order valence-electron chi connectivity index (χ3n) is 5.68. The molecule has 1 aromatic heterocycles. The molecule has 1 aliphatic rings. The van der Waals surface area contributed by atoms with Gasteiger partial charge in [0.15, 0.2) is 0 Å². The van der Waals surface area contributed by atoms with Crippen LogP contribution in [0.15, 0.2) is 29.8 Å². The van der Waals surface area contributed by atoms with Crippen LogP contribution in [-0.4, -0.2) is 41.5 Å². The molecule has 0 spiro atoms. The summed E-state index contributed by atoms with van der Waals surface area (Å²) in [6.07, 6.45) is 2.90. The Morgan fingerprint density at radius 3 is 2.62 bits per heavy atom. The van der Waals surface area contributed by atoms with Crippen LogP contribution in [0.5, 0.6) is 0 Å². The molecule has 156 valence electrons. The number of hydrogen-bond donors (Lipinski definition) is 0. The summed E-state index contributed by atoms with van der Waals surface area (Å²) in [7, 11) is 0. The number of aromatic nitrogens is 1. The number of piperidine rings is 1. The molecular formula is C22H27ClN2O3S. The fraction of sp³-hybridized carbons (Fsp3) is 0.500. The normalized spacial score (nSPS) is 15.9. The average molecular weight is 435 g/mol. The number of rotatable bonds is 7. The van der Waals surface area contributed by atoms with Gasteiger partial charge in [0.25, 0.3) is 0 Å². The predicted molar refractivity (Wildman–Crippen MR) is 115 cm³/mol. The highest BCUT2D eigenvalue weighted by atomic mass is 35.5. The van der Waals surface area contributed by atoms with Crippen molar-refractivity contribution in [1.82, 2.24) is 9.88 Å². The summed E-state index contributed by atoms with van der Waals surface area (Å²) in [6.45, 7) is 5.26. The summed E-state index contributed by atoms with van der Waals surface area (Å²) in [6, 6.07) is 7.61. The van der Waals surface area contributed by atoms with Crippen molar-refractivity contribution in [2.75, 3.05) is 19.7 Å². The van der Waals surface area contributed by atoms with Crippen LogP contribution in [0, 0.1) is 12.3 Å². The lowest BCUT2D eigenvalue weighted by atomic mass is 9.73. The van der Waals surface area contributed by atoms with Crippen molar-refractivity contribution in [3.63, 3.8) is 0 Å². The molecule has 2 aromatic rings. The zero-order chi connectivity index (χ0) is 20.9. The van der Waals surface area contributed by atoms with E-state index in [0.29, 0.717) is 56.8 Å². The van der Waals surface area contributed by atoms with E-state index in [1.54, 1.807) is 11.3 Å². The van der Waals surface area contributed by atoms with Crippen LogP contribution in [-0.2, 0) is 27.2 Å². The number of carbonyl (C=O) groups is 2. The molecule has 0 aliphatic carbocycles. The number of thiazole rings is 1. The summed E-state index contributed by atoms with van der Waals surface area (Å²) in [4.78, 5) is 32.8. The molecule has 0 saturated carbocycles. The maximum atomic E-state index is 12.9. The summed E-state index contributed by atoms with van der Waals surface area (Å²) >= 11 is 7.94. The van der Waals surface area contributed by atoms with Gasteiger partial charge < -0.3 is 9.64 Å². The standard InChI is InChI=1S/C22H27ClN2O3S/c1-3-28-21(27)22(14-17-6-4-5-7-18(17)23)10-12-25(13-11-22)20(26)9-8-19-16(2)24-15-29-19/h4-7,15H,3,8-14H2,1-2H3. The highest BCUT2D eigenvalue weighted by Gasteiger charge is 2.43. The summed E-state index contributed by atoms with van der Waals surface area (Å²) in [5, 5.41) is 0.662. The number of carbonyl (C=O) groups excluding carboxylic acids is 2. The smallest absolute Gasteiger partial charge is 0.312 e. The van der Waals surface area contributed by atoms with Crippen molar-refractivity contribution in [3.05, 3.63) is 50.9 Å². The molecule has 0 radical (unpaired) electrons. The van der Waals surface area contributed by atoms with Gasteiger partial charge in [-0.3, -0.25) is 9.59 Å². The number of esters is 1. The maximum absolute atomic E-state index is 12.9. The Morgan fingerprint density at radius 2 is 2.00 bits per heavy atom. The molecule has 29 heavy (non-hydrogen) atoms. The molecule has 1 amide bonds. The van der Waals surface area contributed by atoms with E-state index in [2.05, 4.69) is 4.98 Å². The van der Waals surface area contributed by atoms with Crippen molar-refractivity contribution in [3.8, 4) is 0 Å². The molecule has 0 bridgehead atoms. The number of hydrogen-bond acceptors (Lipinski definition) is 5. The summed E-state index contributed by atoms with van der Waals surface area (Å²) < 4.78 is 5.41. The zero-order valence-corrected chi connectivity index (χ0v) is 18.5. The maximum Gasteiger partial charge on any atom is 0.312 e. The van der Waals surface area contributed by atoms with Crippen LogP contribution in [0.3, 0.4) is 0 Å². The predicted octanol–water partition coefficient (Wildman–Crippen LogP) is 4.45. The molecule has 2 heterocycles. The second kappa shape index (κ2) is 9.72. The average Bonchev–Trinajstić information content (AvgIpc) is 3.13. The second-order valence-corrected chi connectivity index (χ2v) is 8.86. The fourth-order valence-corrected chi connectivity index (χ4v) is 4.86. The highest BCUT2D eigenvalue weighted by molar-refractivity contribution is 7.09. The quantitative estimate of drug-likeness (QED) is 0.604. The molecule has 1 fully saturated rings. The molecule has 5 nitrogen and oxygen atoms in total.